The standard InChI is InChI=1S/C16H24N4OS2/c1-11-6-3-4-9-14(11)18-16(23)20-19-15(22)17-12-7-5-8-13(10-12)21-2/h5,7-8,10-11,14H,3-4,6,9H2,1-2H3,(H2,17,19,22)(H2,18,20,23)/t11-,14-/m1/s1. The van der Waals surface area contributed by atoms with E-state index in [2.05, 4.69) is 28.4 Å². The van der Waals surface area contributed by atoms with Crippen LogP contribution in [0.5, 0.6) is 5.75 Å². The predicted molar refractivity (Wildman–Crippen MR) is 103 cm³/mol. The minimum absolute atomic E-state index is 0.436. The molecule has 0 radical (unpaired) electrons. The number of rotatable bonds is 3. The van der Waals surface area contributed by atoms with Crippen molar-refractivity contribution < 1.29 is 4.74 Å². The topological polar surface area (TPSA) is 57.4 Å². The van der Waals surface area contributed by atoms with Gasteiger partial charge in [-0.3, -0.25) is 10.9 Å². The van der Waals surface area contributed by atoms with Crippen LogP contribution < -0.4 is 26.2 Å². The van der Waals surface area contributed by atoms with E-state index < -0.39 is 0 Å². The zero-order valence-electron chi connectivity index (χ0n) is 13.5. The molecule has 1 aromatic carbocycles. The van der Waals surface area contributed by atoms with Crippen LogP contribution >= 0.6 is 24.4 Å². The summed E-state index contributed by atoms with van der Waals surface area (Å²) in [6, 6.07) is 7.99. The summed E-state index contributed by atoms with van der Waals surface area (Å²) in [5.41, 5.74) is 6.68. The maximum absolute atomic E-state index is 5.32. The van der Waals surface area contributed by atoms with Crippen LogP contribution in [0.1, 0.15) is 32.6 Å². The molecule has 2 rings (SSSR count). The highest BCUT2D eigenvalue weighted by molar-refractivity contribution is 7.80. The number of anilines is 1. The summed E-state index contributed by atoms with van der Waals surface area (Å²) in [5.74, 6) is 1.42. The second kappa shape index (κ2) is 8.88. The Hall–Kier alpha value is -1.60. The van der Waals surface area contributed by atoms with Crippen molar-refractivity contribution in [3.05, 3.63) is 24.3 Å². The molecule has 0 amide bonds. The number of thiocarbonyl (C=S) groups is 2. The van der Waals surface area contributed by atoms with Gasteiger partial charge in [-0.1, -0.05) is 25.8 Å². The fraction of sp³-hybridized carbons (Fsp3) is 0.500. The van der Waals surface area contributed by atoms with Crippen molar-refractivity contribution in [2.45, 2.75) is 38.6 Å². The van der Waals surface area contributed by atoms with E-state index in [0.717, 1.165) is 17.9 Å². The SMILES string of the molecule is COc1cccc(NC(=S)NNC(=S)N[C@@H]2CCCC[C@H]2C)c1. The van der Waals surface area contributed by atoms with Crippen LogP contribution in [0.2, 0.25) is 0 Å². The third kappa shape index (κ3) is 5.84. The first-order chi connectivity index (χ1) is 11.1. The minimum Gasteiger partial charge on any atom is -0.497 e. The zero-order valence-corrected chi connectivity index (χ0v) is 15.2. The van der Waals surface area contributed by atoms with Gasteiger partial charge in [-0.2, -0.15) is 0 Å². The third-order valence-electron chi connectivity index (χ3n) is 4.05. The number of nitrogens with one attached hydrogen (secondary N) is 4. The molecule has 7 heteroatoms. The molecule has 2 atom stereocenters. The van der Waals surface area contributed by atoms with Gasteiger partial charge in [0.1, 0.15) is 5.75 Å². The average Bonchev–Trinajstić information content (AvgIpc) is 2.55. The van der Waals surface area contributed by atoms with Gasteiger partial charge in [-0.05, 0) is 55.3 Å². The van der Waals surface area contributed by atoms with Gasteiger partial charge in [0.05, 0.1) is 7.11 Å². The summed E-state index contributed by atoms with van der Waals surface area (Å²) in [4.78, 5) is 0. The molecule has 4 N–H and O–H groups in total. The molecule has 23 heavy (non-hydrogen) atoms. The smallest absolute Gasteiger partial charge is 0.189 e. The molecular formula is C16H24N4OS2. The minimum atomic E-state index is 0.436. The Morgan fingerprint density at radius 1 is 1.13 bits per heavy atom. The van der Waals surface area contributed by atoms with Gasteiger partial charge in [0.15, 0.2) is 10.2 Å². The summed E-state index contributed by atoms with van der Waals surface area (Å²) < 4.78 is 5.18. The van der Waals surface area contributed by atoms with Crippen molar-refractivity contribution in [2.24, 2.45) is 5.92 Å². The van der Waals surface area contributed by atoms with Crippen LogP contribution in [0.3, 0.4) is 0 Å². The van der Waals surface area contributed by atoms with Gasteiger partial charge in [-0.25, -0.2) is 0 Å². The molecule has 1 aliphatic carbocycles. The maximum Gasteiger partial charge on any atom is 0.189 e. The molecule has 0 aliphatic heterocycles. The molecule has 0 heterocycles. The van der Waals surface area contributed by atoms with Crippen LogP contribution in [0.4, 0.5) is 5.69 Å². The number of hydrogen-bond donors (Lipinski definition) is 4. The number of hydrazine groups is 1. The molecule has 1 aliphatic rings. The van der Waals surface area contributed by atoms with E-state index in [4.69, 9.17) is 29.2 Å². The highest BCUT2D eigenvalue weighted by atomic mass is 32.1. The van der Waals surface area contributed by atoms with Crippen LogP contribution in [-0.4, -0.2) is 23.4 Å². The van der Waals surface area contributed by atoms with Gasteiger partial charge in [0.2, 0.25) is 0 Å². The Kier molecular flexibility index (Phi) is 6.85. The molecule has 1 saturated carbocycles. The van der Waals surface area contributed by atoms with E-state index in [1.165, 1.54) is 19.3 Å². The predicted octanol–water partition coefficient (Wildman–Crippen LogP) is 2.94. The summed E-state index contributed by atoms with van der Waals surface area (Å²) in [6.45, 7) is 2.27. The van der Waals surface area contributed by atoms with Crippen LogP contribution in [0.15, 0.2) is 24.3 Å². The molecule has 5 nitrogen and oxygen atoms in total. The van der Waals surface area contributed by atoms with Crippen molar-refractivity contribution >= 4 is 40.3 Å². The lowest BCUT2D eigenvalue weighted by Gasteiger charge is -2.30. The largest absolute Gasteiger partial charge is 0.497 e. The Labute approximate surface area is 148 Å². The summed E-state index contributed by atoms with van der Waals surface area (Å²) >= 11 is 10.6. The normalized spacial score (nSPS) is 20.3. The lowest BCUT2D eigenvalue weighted by atomic mass is 9.86. The quantitative estimate of drug-likeness (QED) is 0.493. The first kappa shape index (κ1) is 17.7. The van der Waals surface area contributed by atoms with Crippen molar-refractivity contribution in [1.82, 2.24) is 16.2 Å². The van der Waals surface area contributed by atoms with E-state index >= 15 is 0 Å². The van der Waals surface area contributed by atoms with E-state index in [1.807, 2.05) is 24.3 Å². The summed E-state index contributed by atoms with van der Waals surface area (Å²) in [5, 5.41) is 7.44. The van der Waals surface area contributed by atoms with Crippen molar-refractivity contribution in [3.8, 4) is 5.75 Å². The first-order valence-electron chi connectivity index (χ1n) is 7.86. The second-order valence-corrected chi connectivity index (χ2v) is 6.59. The number of benzene rings is 1. The molecular weight excluding hydrogens is 328 g/mol. The molecule has 1 aromatic rings. The fourth-order valence-electron chi connectivity index (χ4n) is 2.71. The maximum atomic E-state index is 5.32. The highest BCUT2D eigenvalue weighted by Crippen LogP contribution is 2.23. The van der Waals surface area contributed by atoms with Gasteiger partial charge < -0.3 is 15.4 Å². The number of ether oxygens (including phenoxy) is 1. The van der Waals surface area contributed by atoms with Crippen LogP contribution in [0, 0.1) is 5.92 Å². The van der Waals surface area contributed by atoms with Crippen molar-refractivity contribution in [1.29, 1.82) is 0 Å². The Morgan fingerprint density at radius 2 is 1.87 bits per heavy atom. The number of hydrogen-bond acceptors (Lipinski definition) is 3. The van der Waals surface area contributed by atoms with Gasteiger partial charge in [0.25, 0.3) is 0 Å². The molecule has 0 aromatic heterocycles. The summed E-state index contributed by atoms with van der Waals surface area (Å²) in [7, 11) is 1.63. The molecule has 1 fully saturated rings. The lowest BCUT2D eigenvalue weighted by molar-refractivity contribution is 0.308. The first-order valence-corrected chi connectivity index (χ1v) is 8.67. The van der Waals surface area contributed by atoms with Crippen molar-refractivity contribution in [2.75, 3.05) is 12.4 Å². The average molecular weight is 353 g/mol. The van der Waals surface area contributed by atoms with E-state index in [1.54, 1.807) is 7.11 Å². The molecule has 0 unspecified atom stereocenters. The van der Waals surface area contributed by atoms with Gasteiger partial charge >= 0.3 is 0 Å². The van der Waals surface area contributed by atoms with E-state index in [0.29, 0.717) is 22.2 Å². The monoisotopic (exact) mass is 352 g/mol. The van der Waals surface area contributed by atoms with Crippen molar-refractivity contribution in [3.63, 3.8) is 0 Å². The van der Waals surface area contributed by atoms with E-state index in [-0.39, 0.29) is 0 Å². The molecule has 0 bridgehead atoms. The van der Waals surface area contributed by atoms with Gasteiger partial charge in [-0.15, -0.1) is 0 Å². The molecule has 0 spiro atoms. The van der Waals surface area contributed by atoms with Gasteiger partial charge in [0, 0.05) is 17.8 Å². The zero-order chi connectivity index (χ0) is 16.7. The molecule has 126 valence electrons. The van der Waals surface area contributed by atoms with Crippen LogP contribution in [-0.2, 0) is 0 Å². The van der Waals surface area contributed by atoms with Crippen LogP contribution in [0.25, 0.3) is 0 Å². The third-order valence-corrected chi connectivity index (χ3v) is 4.47. The second-order valence-electron chi connectivity index (χ2n) is 5.78. The summed E-state index contributed by atoms with van der Waals surface area (Å²) in [6.07, 6.45) is 4.99. The lowest BCUT2D eigenvalue weighted by Crippen LogP contribution is -2.52. The number of methoxy groups -OCH3 is 1. The Morgan fingerprint density at radius 3 is 2.61 bits per heavy atom. The Balaban J connectivity index is 1.74. The molecule has 0 saturated heterocycles. The highest BCUT2D eigenvalue weighted by Gasteiger charge is 2.21. The van der Waals surface area contributed by atoms with E-state index in [9.17, 15) is 0 Å². The Bertz CT molecular complexity index is 553. The fourth-order valence-corrected chi connectivity index (χ4v) is 3.08.